The molecule has 9 heteroatoms. The SMILES string of the molecule is COC(=O)[C@]1(C)C[C@H](C(=O)NCC(F)(F)F)[C@H](c2ccccc2Cl)N1C. The Morgan fingerprint density at radius 1 is 1.38 bits per heavy atom. The Hall–Kier alpha value is -1.80. The van der Waals surface area contributed by atoms with E-state index in [0.29, 0.717) is 10.6 Å². The summed E-state index contributed by atoms with van der Waals surface area (Å²) >= 11 is 6.24. The van der Waals surface area contributed by atoms with Crippen molar-refractivity contribution in [1.29, 1.82) is 0 Å². The first kappa shape index (κ1) is 20.5. The van der Waals surface area contributed by atoms with Gasteiger partial charge in [0.1, 0.15) is 12.1 Å². The second-order valence-electron chi connectivity index (χ2n) is 6.49. The Morgan fingerprint density at radius 3 is 2.54 bits per heavy atom. The summed E-state index contributed by atoms with van der Waals surface area (Å²) in [6.45, 7) is 0.163. The highest BCUT2D eigenvalue weighted by molar-refractivity contribution is 6.31. The lowest BCUT2D eigenvalue weighted by molar-refractivity contribution is -0.152. The Morgan fingerprint density at radius 2 is 2.00 bits per heavy atom. The fourth-order valence-corrected chi connectivity index (χ4v) is 3.65. The number of halogens is 4. The van der Waals surface area contributed by atoms with Crippen molar-refractivity contribution in [3.05, 3.63) is 34.9 Å². The zero-order valence-electron chi connectivity index (χ0n) is 14.6. The van der Waals surface area contributed by atoms with Crippen molar-refractivity contribution in [2.45, 2.75) is 31.1 Å². The standard InChI is InChI=1S/C17H20ClF3N2O3/c1-16(15(25)26-3)8-11(14(24)22-9-17(19,20)21)13(23(16)2)10-6-4-5-7-12(10)18/h4-7,11,13H,8-9H2,1-3H3,(H,22,24)/t11-,13-,16-/m0/s1. The summed E-state index contributed by atoms with van der Waals surface area (Å²) < 4.78 is 42.3. The number of nitrogens with one attached hydrogen (secondary N) is 1. The van der Waals surface area contributed by atoms with Crippen LogP contribution in [0.15, 0.2) is 24.3 Å². The van der Waals surface area contributed by atoms with E-state index in [1.807, 2.05) is 5.32 Å². The Bertz CT molecular complexity index is 698. The van der Waals surface area contributed by atoms with E-state index in [2.05, 4.69) is 0 Å². The van der Waals surface area contributed by atoms with Crippen LogP contribution in [0.4, 0.5) is 13.2 Å². The first-order valence-electron chi connectivity index (χ1n) is 7.91. The molecule has 0 radical (unpaired) electrons. The number of hydrogen-bond acceptors (Lipinski definition) is 4. The van der Waals surface area contributed by atoms with Crippen molar-refractivity contribution < 1.29 is 27.5 Å². The summed E-state index contributed by atoms with van der Waals surface area (Å²) in [4.78, 5) is 26.4. The van der Waals surface area contributed by atoms with E-state index < -0.39 is 42.1 Å². The number of likely N-dealkylation sites (N-methyl/N-ethyl adjacent to an activating group) is 1. The van der Waals surface area contributed by atoms with Crippen LogP contribution in [0.25, 0.3) is 0 Å². The lowest BCUT2D eigenvalue weighted by Gasteiger charge is -2.33. The molecule has 26 heavy (non-hydrogen) atoms. The minimum Gasteiger partial charge on any atom is -0.468 e. The average Bonchev–Trinajstić information content (AvgIpc) is 2.84. The molecule has 0 bridgehead atoms. The van der Waals surface area contributed by atoms with E-state index >= 15 is 0 Å². The Balaban J connectivity index is 2.40. The lowest BCUT2D eigenvalue weighted by atomic mass is 9.89. The number of alkyl halides is 3. The predicted octanol–water partition coefficient (Wildman–Crippen LogP) is 2.94. The highest BCUT2D eigenvalue weighted by Crippen LogP contribution is 2.47. The van der Waals surface area contributed by atoms with Crippen LogP contribution in [0, 0.1) is 5.92 Å². The summed E-state index contributed by atoms with van der Waals surface area (Å²) in [6.07, 6.45) is -4.51. The molecule has 1 heterocycles. The second kappa shape index (κ2) is 7.44. The van der Waals surface area contributed by atoms with Gasteiger partial charge in [-0.3, -0.25) is 14.5 Å². The minimum atomic E-state index is -4.52. The quantitative estimate of drug-likeness (QED) is 0.800. The molecule has 3 atom stereocenters. The van der Waals surface area contributed by atoms with Crippen LogP contribution >= 0.6 is 11.6 Å². The molecule has 1 saturated heterocycles. The van der Waals surface area contributed by atoms with E-state index in [1.165, 1.54) is 7.11 Å². The summed E-state index contributed by atoms with van der Waals surface area (Å²) in [7, 11) is 2.85. The van der Waals surface area contributed by atoms with Gasteiger partial charge in [0.05, 0.1) is 13.0 Å². The van der Waals surface area contributed by atoms with Crippen LogP contribution in [0.2, 0.25) is 5.02 Å². The fraction of sp³-hybridized carbons (Fsp3) is 0.529. The van der Waals surface area contributed by atoms with E-state index in [9.17, 15) is 22.8 Å². The molecule has 1 fully saturated rings. The van der Waals surface area contributed by atoms with Crippen LogP contribution in [0.5, 0.6) is 0 Å². The zero-order valence-corrected chi connectivity index (χ0v) is 15.3. The second-order valence-corrected chi connectivity index (χ2v) is 6.89. The van der Waals surface area contributed by atoms with Crippen LogP contribution in [0.1, 0.15) is 24.9 Å². The molecule has 1 aromatic carbocycles. The highest BCUT2D eigenvalue weighted by atomic mass is 35.5. The molecule has 2 rings (SSSR count). The molecule has 144 valence electrons. The van der Waals surface area contributed by atoms with Gasteiger partial charge in [0.15, 0.2) is 0 Å². The number of hydrogen-bond donors (Lipinski definition) is 1. The molecule has 0 saturated carbocycles. The van der Waals surface area contributed by atoms with Crippen molar-refractivity contribution in [2.24, 2.45) is 5.92 Å². The Kier molecular flexibility index (Phi) is 5.87. The summed E-state index contributed by atoms with van der Waals surface area (Å²) in [6, 6.07) is 6.08. The maximum atomic E-state index is 12.5. The zero-order chi connectivity index (χ0) is 19.7. The van der Waals surface area contributed by atoms with Gasteiger partial charge in [-0.05, 0) is 32.0 Å². The number of benzene rings is 1. The molecule has 5 nitrogen and oxygen atoms in total. The molecule has 1 N–H and O–H groups in total. The maximum Gasteiger partial charge on any atom is 0.405 e. The smallest absolute Gasteiger partial charge is 0.405 e. The van der Waals surface area contributed by atoms with Crippen LogP contribution < -0.4 is 5.32 Å². The lowest BCUT2D eigenvalue weighted by Crippen LogP contribution is -2.47. The number of carbonyl (C=O) groups excluding carboxylic acids is 2. The van der Waals surface area contributed by atoms with Crippen molar-refractivity contribution in [2.75, 3.05) is 20.7 Å². The highest BCUT2D eigenvalue weighted by Gasteiger charge is 2.55. The monoisotopic (exact) mass is 392 g/mol. The summed E-state index contributed by atoms with van der Waals surface area (Å²) in [5, 5.41) is 2.28. The molecule has 0 aliphatic carbocycles. The molecule has 1 aliphatic rings. The number of nitrogens with zero attached hydrogens (tertiary/aromatic N) is 1. The van der Waals surface area contributed by atoms with Gasteiger partial charge in [0.25, 0.3) is 0 Å². The number of ether oxygens (including phenoxy) is 1. The fourth-order valence-electron chi connectivity index (χ4n) is 3.40. The number of carbonyl (C=O) groups is 2. The number of amides is 1. The van der Waals surface area contributed by atoms with Gasteiger partial charge in [-0.15, -0.1) is 0 Å². The van der Waals surface area contributed by atoms with Gasteiger partial charge in [-0.25, -0.2) is 0 Å². The van der Waals surface area contributed by atoms with Crippen molar-refractivity contribution in [3.8, 4) is 0 Å². The van der Waals surface area contributed by atoms with Crippen LogP contribution in [-0.2, 0) is 14.3 Å². The summed E-state index contributed by atoms with van der Waals surface area (Å²) in [5.74, 6) is -2.25. The molecular weight excluding hydrogens is 373 g/mol. The third-order valence-electron chi connectivity index (χ3n) is 4.84. The number of rotatable bonds is 4. The van der Waals surface area contributed by atoms with E-state index in [-0.39, 0.29) is 6.42 Å². The third-order valence-corrected chi connectivity index (χ3v) is 5.19. The Labute approximate surface area is 154 Å². The molecular formula is C17H20ClF3N2O3. The number of methoxy groups -OCH3 is 1. The number of esters is 1. The molecule has 0 aromatic heterocycles. The van der Waals surface area contributed by atoms with Crippen molar-refractivity contribution in [1.82, 2.24) is 10.2 Å². The predicted molar refractivity (Wildman–Crippen MR) is 89.5 cm³/mol. The molecule has 0 spiro atoms. The first-order valence-corrected chi connectivity index (χ1v) is 8.29. The van der Waals surface area contributed by atoms with Crippen LogP contribution in [-0.4, -0.2) is 49.2 Å². The molecule has 0 unspecified atom stereocenters. The third kappa shape index (κ3) is 3.96. The number of likely N-dealkylation sites (tertiary alicyclic amines) is 1. The minimum absolute atomic E-state index is 0.00968. The van der Waals surface area contributed by atoms with Gasteiger partial charge in [0, 0.05) is 11.1 Å². The van der Waals surface area contributed by atoms with Gasteiger partial charge >= 0.3 is 12.1 Å². The van der Waals surface area contributed by atoms with Crippen molar-refractivity contribution >= 4 is 23.5 Å². The molecule has 1 aromatic rings. The van der Waals surface area contributed by atoms with E-state index in [1.54, 1.807) is 43.1 Å². The largest absolute Gasteiger partial charge is 0.468 e. The van der Waals surface area contributed by atoms with E-state index in [0.717, 1.165) is 0 Å². The van der Waals surface area contributed by atoms with Crippen LogP contribution in [0.3, 0.4) is 0 Å². The molecule has 1 amide bonds. The topological polar surface area (TPSA) is 58.6 Å². The van der Waals surface area contributed by atoms with Gasteiger partial charge < -0.3 is 10.1 Å². The first-order chi connectivity index (χ1) is 12.0. The summed E-state index contributed by atoms with van der Waals surface area (Å²) in [5.41, 5.74) is -0.602. The van der Waals surface area contributed by atoms with Gasteiger partial charge in [0.2, 0.25) is 5.91 Å². The van der Waals surface area contributed by atoms with Gasteiger partial charge in [-0.1, -0.05) is 29.8 Å². The molecule has 1 aliphatic heterocycles. The normalized spacial score (nSPS) is 26.6. The average molecular weight is 393 g/mol. The van der Waals surface area contributed by atoms with Gasteiger partial charge in [-0.2, -0.15) is 13.2 Å². The van der Waals surface area contributed by atoms with E-state index in [4.69, 9.17) is 16.3 Å². The maximum absolute atomic E-state index is 12.5. The van der Waals surface area contributed by atoms with Crippen molar-refractivity contribution in [3.63, 3.8) is 0 Å².